The third-order valence-electron chi connectivity index (χ3n) is 3.54. The van der Waals surface area contributed by atoms with Gasteiger partial charge < -0.3 is 4.74 Å². The van der Waals surface area contributed by atoms with Crippen LogP contribution in [-0.2, 0) is 10.2 Å². The van der Waals surface area contributed by atoms with Gasteiger partial charge in [0.2, 0.25) is 0 Å². The van der Waals surface area contributed by atoms with Gasteiger partial charge in [-0.15, -0.1) is 11.3 Å². The van der Waals surface area contributed by atoms with Crippen LogP contribution in [-0.4, -0.2) is 17.8 Å². The molecule has 3 heterocycles. The number of aryl methyl sites for hydroxylation is 1. The number of hydrogen-bond acceptors (Lipinski definition) is 3. The fourth-order valence-electron chi connectivity index (χ4n) is 2.21. The summed E-state index contributed by atoms with van der Waals surface area (Å²) in [6.45, 7) is 5.65. The smallest absolute Gasteiger partial charge is 0.255 e. The number of rotatable bonds is 2. The summed E-state index contributed by atoms with van der Waals surface area (Å²) in [5, 5.41) is 4.07. The number of thiophene rings is 1. The second-order valence-electron chi connectivity index (χ2n) is 5.12. The van der Waals surface area contributed by atoms with Crippen LogP contribution in [0, 0.1) is 6.92 Å². The van der Waals surface area contributed by atoms with Crippen LogP contribution in [0.15, 0.2) is 33.9 Å². The van der Waals surface area contributed by atoms with Crippen molar-refractivity contribution in [2.75, 3.05) is 13.2 Å². The van der Waals surface area contributed by atoms with Crippen molar-refractivity contribution < 1.29 is 4.74 Å². The summed E-state index contributed by atoms with van der Waals surface area (Å²) in [6.07, 6.45) is 1.96. The van der Waals surface area contributed by atoms with Gasteiger partial charge in [-0.1, -0.05) is 13.0 Å². The van der Waals surface area contributed by atoms with E-state index < -0.39 is 0 Å². The highest BCUT2D eigenvalue weighted by atomic mass is 32.1. The third kappa shape index (κ3) is 1.72. The molecule has 0 N–H and O–H groups in total. The molecule has 1 saturated heterocycles. The van der Waals surface area contributed by atoms with E-state index in [0.29, 0.717) is 0 Å². The standard InChI is InChI=1S/C14H15NO2S/c1-10-6-18-7-12(10)15-5-11(3-4-13(15)16)14(2)8-17-9-14/h3-7H,8-9H2,1-2H3. The Kier molecular flexibility index (Phi) is 2.64. The molecule has 0 bridgehead atoms. The molecular formula is C14H15NO2S. The lowest BCUT2D eigenvalue weighted by molar-refractivity contribution is -0.0502. The zero-order valence-electron chi connectivity index (χ0n) is 10.5. The van der Waals surface area contributed by atoms with Gasteiger partial charge >= 0.3 is 0 Å². The summed E-state index contributed by atoms with van der Waals surface area (Å²) in [5.74, 6) is 0. The van der Waals surface area contributed by atoms with Gasteiger partial charge in [-0.05, 0) is 23.4 Å². The molecule has 0 spiro atoms. The molecule has 0 aromatic carbocycles. The fraction of sp³-hybridized carbons (Fsp3) is 0.357. The van der Waals surface area contributed by atoms with Gasteiger partial charge in [-0.3, -0.25) is 9.36 Å². The molecule has 4 heteroatoms. The Labute approximate surface area is 110 Å². The van der Waals surface area contributed by atoms with Gasteiger partial charge in [0.25, 0.3) is 5.56 Å². The predicted octanol–water partition coefficient (Wildman–Crippen LogP) is 2.50. The summed E-state index contributed by atoms with van der Waals surface area (Å²) in [5.41, 5.74) is 3.35. The second-order valence-corrected chi connectivity index (χ2v) is 5.86. The highest BCUT2D eigenvalue weighted by Crippen LogP contribution is 2.31. The van der Waals surface area contributed by atoms with Crippen molar-refractivity contribution in [1.29, 1.82) is 0 Å². The van der Waals surface area contributed by atoms with Crippen molar-refractivity contribution in [2.45, 2.75) is 19.3 Å². The summed E-state index contributed by atoms with van der Waals surface area (Å²) >= 11 is 1.62. The van der Waals surface area contributed by atoms with Crippen LogP contribution >= 0.6 is 11.3 Å². The molecule has 1 fully saturated rings. The zero-order chi connectivity index (χ0) is 12.8. The molecule has 3 nitrogen and oxygen atoms in total. The number of pyridine rings is 1. The van der Waals surface area contributed by atoms with E-state index in [-0.39, 0.29) is 11.0 Å². The Bertz CT molecular complexity index is 637. The van der Waals surface area contributed by atoms with Crippen molar-refractivity contribution in [2.24, 2.45) is 0 Å². The van der Waals surface area contributed by atoms with E-state index in [4.69, 9.17) is 4.74 Å². The molecule has 0 unspecified atom stereocenters. The average molecular weight is 261 g/mol. The monoisotopic (exact) mass is 261 g/mol. The number of ether oxygens (including phenoxy) is 1. The molecule has 94 valence electrons. The van der Waals surface area contributed by atoms with Crippen LogP contribution in [0.3, 0.4) is 0 Å². The molecule has 0 amide bonds. The first-order chi connectivity index (χ1) is 8.60. The highest BCUT2D eigenvalue weighted by molar-refractivity contribution is 7.08. The van der Waals surface area contributed by atoms with Crippen LogP contribution in [0.4, 0.5) is 0 Å². The van der Waals surface area contributed by atoms with Crippen molar-refractivity contribution in [3.05, 3.63) is 50.6 Å². The van der Waals surface area contributed by atoms with Crippen LogP contribution in [0.25, 0.3) is 5.69 Å². The molecule has 0 radical (unpaired) electrons. The van der Waals surface area contributed by atoms with Gasteiger partial charge in [0, 0.05) is 23.1 Å². The lowest BCUT2D eigenvalue weighted by atomic mass is 9.82. The molecule has 0 atom stereocenters. The zero-order valence-corrected chi connectivity index (χ0v) is 11.3. The minimum Gasteiger partial charge on any atom is -0.379 e. The first kappa shape index (κ1) is 11.7. The molecule has 2 aromatic heterocycles. The topological polar surface area (TPSA) is 31.2 Å². The van der Waals surface area contributed by atoms with Gasteiger partial charge in [0.15, 0.2) is 0 Å². The molecule has 0 aliphatic carbocycles. The Morgan fingerprint density at radius 3 is 2.67 bits per heavy atom. The Morgan fingerprint density at radius 2 is 2.11 bits per heavy atom. The first-order valence-corrected chi connectivity index (χ1v) is 6.88. The Balaban J connectivity index is 2.13. The van der Waals surface area contributed by atoms with Gasteiger partial charge in [-0.2, -0.15) is 0 Å². The third-order valence-corrected chi connectivity index (χ3v) is 4.39. The maximum Gasteiger partial charge on any atom is 0.255 e. The minimum atomic E-state index is 0.0177. The van der Waals surface area contributed by atoms with Crippen LogP contribution < -0.4 is 5.56 Å². The van der Waals surface area contributed by atoms with E-state index in [2.05, 4.69) is 12.3 Å². The van der Waals surface area contributed by atoms with E-state index in [0.717, 1.165) is 24.5 Å². The second kappa shape index (κ2) is 4.07. The molecule has 1 aliphatic rings. The van der Waals surface area contributed by atoms with Crippen molar-refractivity contribution in [3.8, 4) is 5.69 Å². The number of hydrogen-bond donors (Lipinski definition) is 0. The Hall–Kier alpha value is -1.39. The summed E-state index contributed by atoms with van der Waals surface area (Å²) in [6, 6.07) is 3.57. The van der Waals surface area contributed by atoms with Crippen molar-refractivity contribution in [3.63, 3.8) is 0 Å². The molecule has 3 rings (SSSR count). The quantitative estimate of drug-likeness (QED) is 0.831. The van der Waals surface area contributed by atoms with Gasteiger partial charge in [0.1, 0.15) is 0 Å². The summed E-state index contributed by atoms with van der Waals surface area (Å²) in [7, 11) is 0. The van der Waals surface area contributed by atoms with Crippen LogP contribution in [0.5, 0.6) is 0 Å². The molecule has 18 heavy (non-hydrogen) atoms. The first-order valence-electron chi connectivity index (χ1n) is 5.94. The normalized spacial score (nSPS) is 17.4. The molecule has 0 saturated carbocycles. The van der Waals surface area contributed by atoms with E-state index in [1.165, 1.54) is 5.56 Å². The predicted molar refractivity (Wildman–Crippen MR) is 72.8 cm³/mol. The van der Waals surface area contributed by atoms with Crippen LogP contribution in [0.2, 0.25) is 0 Å². The number of aromatic nitrogens is 1. The largest absolute Gasteiger partial charge is 0.379 e. The highest BCUT2D eigenvalue weighted by Gasteiger charge is 2.35. The lowest BCUT2D eigenvalue weighted by Gasteiger charge is -2.38. The average Bonchev–Trinajstić information content (AvgIpc) is 2.73. The maximum absolute atomic E-state index is 12.0. The van der Waals surface area contributed by atoms with Crippen LogP contribution in [0.1, 0.15) is 18.1 Å². The maximum atomic E-state index is 12.0. The lowest BCUT2D eigenvalue weighted by Crippen LogP contribution is -2.44. The van der Waals surface area contributed by atoms with E-state index in [1.54, 1.807) is 22.0 Å². The van der Waals surface area contributed by atoms with E-state index in [1.807, 2.05) is 24.6 Å². The minimum absolute atomic E-state index is 0.0177. The fourth-order valence-corrected chi connectivity index (χ4v) is 3.03. The van der Waals surface area contributed by atoms with E-state index >= 15 is 0 Å². The SMILES string of the molecule is Cc1cscc1-n1cc(C2(C)COC2)ccc1=O. The van der Waals surface area contributed by atoms with Gasteiger partial charge in [0.05, 0.1) is 18.9 Å². The van der Waals surface area contributed by atoms with E-state index in [9.17, 15) is 4.79 Å². The Morgan fingerprint density at radius 1 is 1.33 bits per heavy atom. The molecular weight excluding hydrogens is 246 g/mol. The molecule has 2 aromatic rings. The number of nitrogens with zero attached hydrogens (tertiary/aromatic N) is 1. The molecule has 1 aliphatic heterocycles. The summed E-state index contributed by atoms with van der Waals surface area (Å²) in [4.78, 5) is 12.0. The summed E-state index contributed by atoms with van der Waals surface area (Å²) < 4.78 is 7.03. The van der Waals surface area contributed by atoms with Crippen molar-refractivity contribution >= 4 is 11.3 Å². The van der Waals surface area contributed by atoms with Gasteiger partial charge in [-0.25, -0.2) is 0 Å². The van der Waals surface area contributed by atoms with Crippen molar-refractivity contribution in [1.82, 2.24) is 4.57 Å².